The van der Waals surface area contributed by atoms with Crippen LogP contribution in [0.1, 0.15) is 55.7 Å². The molecule has 0 aliphatic carbocycles. The average molecular weight is 424 g/mol. The van der Waals surface area contributed by atoms with Crippen LogP contribution < -0.4 is 9.47 Å². The van der Waals surface area contributed by atoms with Gasteiger partial charge in [0.05, 0.1) is 7.11 Å². The lowest BCUT2D eigenvalue weighted by Gasteiger charge is -2.47. The Labute approximate surface area is 182 Å². The average Bonchev–Trinajstić information content (AvgIpc) is 2.79. The first-order valence-corrected chi connectivity index (χ1v) is 11.2. The molecule has 6 nitrogen and oxygen atoms in total. The van der Waals surface area contributed by atoms with Gasteiger partial charge >= 0.3 is 5.97 Å². The van der Waals surface area contributed by atoms with Crippen LogP contribution in [0, 0.1) is 0 Å². The fourth-order valence-corrected chi connectivity index (χ4v) is 5.33. The molecule has 0 unspecified atom stereocenters. The Kier molecular flexibility index (Phi) is 5.48. The Morgan fingerprint density at radius 2 is 2.03 bits per heavy atom. The third-order valence-corrected chi connectivity index (χ3v) is 6.83. The van der Waals surface area contributed by atoms with Gasteiger partial charge in [0.2, 0.25) is 0 Å². The smallest absolute Gasteiger partial charge is 0.306 e. The summed E-state index contributed by atoms with van der Waals surface area (Å²) < 4.78 is 18.0. The number of methoxy groups -OCH3 is 1. The number of hydrogen-bond acceptors (Lipinski definition) is 6. The molecular weight excluding hydrogens is 394 g/mol. The van der Waals surface area contributed by atoms with Gasteiger partial charge < -0.3 is 19.3 Å². The predicted octanol–water partition coefficient (Wildman–Crippen LogP) is 4.74. The van der Waals surface area contributed by atoms with Crippen LogP contribution in [0.5, 0.6) is 23.0 Å². The third-order valence-electron chi connectivity index (χ3n) is 6.83. The van der Waals surface area contributed by atoms with E-state index in [1.165, 1.54) is 12.8 Å². The molecule has 0 saturated carbocycles. The number of aromatic hydroxyl groups is 1. The number of nitrogens with zero attached hydrogens (tertiary/aromatic N) is 1. The quantitative estimate of drug-likeness (QED) is 0.668. The second kappa shape index (κ2) is 8.42. The standard InChI is InChI=1S/C25H29NO5/c1-29-22-7-4-6-19-20-15-18(14-17-5-2-3-12-26(17)20)30-24(28)11-9-16-8-10-21(27)23(13-16)31-25(19)22/h4,6-8,10,13,17-18,20,27H,2-3,5,9,11-12,14-15H2,1H3/t17-,18+,20+/m1/s1. The summed E-state index contributed by atoms with van der Waals surface area (Å²) in [6.07, 6.45) is 5.86. The number of phenols is 1. The Morgan fingerprint density at radius 3 is 2.90 bits per heavy atom. The Hall–Kier alpha value is -2.73. The summed E-state index contributed by atoms with van der Waals surface area (Å²) in [5.74, 6) is 1.53. The Balaban J connectivity index is 1.64. The molecule has 0 amide bonds. The number of benzene rings is 2. The maximum atomic E-state index is 12.6. The molecule has 0 aromatic heterocycles. The molecule has 4 bridgehead atoms. The van der Waals surface area contributed by atoms with Crippen molar-refractivity contribution in [1.29, 1.82) is 0 Å². The number of carbonyl (C=O) groups is 1. The van der Waals surface area contributed by atoms with E-state index in [2.05, 4.69) is 11.0 Å². The van der Waals surface area contributed by atoms with E-state index in [0.717, 1.165) is 36.9 Å². The van der Waals surface area contributed by atoms with Gasteiger partial charge in [-0.1, -0.05) is 24.6 Å². The lowest BCUT2D eigenvalue weighted by atomic mass is 9.84. The van der Waals surface area contributed by atoms with Crippen LogP contribution in [-0.2, 0) is 16.0 Å². The first kappa shape index (κ1) is 20.2. The van der Waals surface area contributed by atoms with Crippen molar-refractivity contribution in [2.24, 2.45) is 0 Å². The highest BCUT2D eigenvalue weighted by Crippen LogP contribution is 2.47. The highest BCUT2D eigenvalue weighted by molar-refractivity contribution is 5.70. The molecule has 0 spiro atoms. The summed E-state index contributed by atoms with van der Waals surface area (Å²) in [6.45, 7) is 1.02. The normalized spacial score (nSPS) is 26.1. The first-order valence-electron chi connectivity index (χ1n) is 11.2. The number of fused-ring (bicyclic) bond motifs is 8. The molecule has 1 N–H and O–H groups in total. The molecule has 5 rings (SSSR count). The highest BCUT2D eigenvalue weighted by atomic mass is 16.5. The highest BCUT2D eigenvalue weighted by Gasteiger charge is 2.40. The van der Waals surface area contributed by atoms with Crippen LogP contribution in [0.4, 0.5) is 0 Å². The number of piperidine rings is 2. The summed E-state index contributed by atoms with van der Waals surface area (Å²) in [5, 5.41) is 10.5. The van der Waals surface area contributed by atoms with Crippen LogP contribution in [0.15, 0.2) is 36.4 Å². The minimum Gasteiger partial charge on any atom is -0.504 e. The number of hydrogen-bond donors (Lipinski definition) is 1. The molecule has 0 radical (unpaired) electrons. The molecule has 2 aromatic carbocycles. The van der Waals surface area contributed by atoms with Crippen molar-refractivity contribution in [3.8, 4) is 23.0 Å². The molecular formula is C25H29NO5. The van der Waals surface area contributed by atoms with E-state index in [9.17, 15) is 9.90 Å². The van der Waals surface area contributed by atoms with Crippen LogP contribution in [0.3, 0.4) is 0 Å². The van der Waals surface area contributed by atoms with Gasteiger partial charge in [-0.15, -0.1) is 0 Å². The molecule has 164 valence electrons. The fourth-order valence-electron chi connectivity index (χ4n) is 5.33. The van der Waals surface area contributed by atoms with Crippen LogP contribution in [0.2, 0.25) is 0 Å². The van der Waals surface area contributed by atoms with Crippen molar-refractivity contribution in [3.63, 3.8) is 0 Å². The number of ether oxygens (including phenoxy) is 3. The molecule has 3 aliphatic rings. The maximum absolute atomic E-state index is 12.6. The van der Waals surface area contributed by atoms with Crippen molar-refractivity contribution in [3.05, 3.63) is 47.5 Å². The van der Waals surface area contributed by atoms with Gasteiger partial charge in [0.25, 0.3) is 0 Å². The van der Waals surface area contributed by atoms with Crippen molar-refractivity contribution < 1.29 is 24.1 Å². The molecule has 2 fully saturated rings. The van der Waals surface area contributed by atoms with Crippen molar-refractivity contribution in [1.82, 2.24) is 4.90 Å². The summed E-state index contributed by atoms with van der Waals surface area (Å²) >= 11 is 0. The van der Waals surface area contributed by atoms with Crippen molar-refractivity contribution in [2.75, 3.05) is 13.7 Å². The molecule has 3 atom stereocenters. The second-order valence-corrected chi connectivity index (χ2v) is 8.77. The van der Waals surface area contributed by atoms with Crippen LogP contribution >= 0.6 is 0 Å². The second-order valence-electron chi connectivity index (χ2n) is 8.77. The van der Waals surface area contributed by atoms with Gasteiger partial charge in [0.1, 0.15) is 6.10 Å². The lowest BCUT2D eigenvalue weighted by Crippen LogP contribution is -2.49. The summed E-state index contributed by atoms with van der Waals surface area (Å²) in [4.78, 5) is 15.2. The largest absolute Gasteiger partial charge is 0.504 e. The first-order chi connectivity index (χ1) is 15.1. The van der Waals surface area contributed by atoms with E-state index in [1.54, 1.807) is 19.2 Å². The van der Waals surface area contributed by atoms with Crippen LogP contribution in [0.25, 0.3) is 0 Å². The van der Waals surface area contributed by atoms with Crippen molar-refractivity contribution >= 4 is 5.97 Å². The monoisotopic (exact) mass is 423 g/mol. The maximum Gasteiger partial charge on any atom is 0.306 e. The minimum absolute atomic E-state index is 0.0630. The van der Waals surface area contributed by atoms with E-state index in [0.29, 0.717) is 36.1 Å². The van der Waals surface area contributed by atoms with Gasteiger partial charge in [0, 0.05) is 36.9 Å². The van der Waals surface area contributed by atoms with E-state index in [1.807, 2.05) is 18.2 Å². The molecule has 3 heterocycles. The topological polar surface area (TPSA) is 68.2 Å². The van der Waals surface area contributed by atoms with E-state index in [4.69, 9.17) is 14.2 Å². The molecule has 31 heavy (non-hydrogen) atoms. The molecule has 2 aromatic rings. The van der Waals surface area contributed by atoms with Crippen LogP contribution in [-0.4, -0.2) is 41.8 Å². The zero-order chi connectivity index (χ0) is 21.4. The summed E-state index contributed by atoms with van der Waals surface area (Å²) in [5.41, 5.74) is 1.93. The van der Waals surface area contributed by atoms with Gasteiger partial charge in [-0.2, -0.15) is 0 Å². The fraction of sp³-hybridized carbons (Fsp3) is 0.480. The van der Waals surface area contributed by atoms with E-state index >= 15 is 0 Å². The summed E-state index contributed by atoms with van der Waals surface area (Å²) in [6, 6.07) is 11.6. The molecule has 3 aliphatic heterocycles. The molecule has 6 heteroatoms. The molecule has 2 saturated heterocycles. The third kappa shape index (κ3) is 3.97. The van der Waals surface area contributed by atoms with E-state index < -0.39 is 0 Å². The number of aryl methyl sites for hydroxylation is 1. The Morgan fingerprint density at radius 1 is 1.13 bits per heavy atom. The zero-order valence-corrected chi connectivity index (χ0v) is 17.9. The van der Waals surface area contributed by atoms with E-state index in [-0.39, 0.29) is 23.9 Å². The zero-order valence-electron chi connectivity index (χ0n) is 17.9. The summed E-state index contributed by atoms with van der Waals surface area (Å²) in [7, 11) is 1.63. The number of esters is 1. The van der Waals surface area contributed by atoms with Gasteiger partial charge in [0.15, 0.2) is 23.0 Å². The number of rotatable bonds is 1. The lowest BCUT2D eigenvalue weighted by molar-refractivity contribution is -0.154. The number of carbonyl (C=O) groups excluding carboxylic acids is 1. The van der Waals surface area contributed by atoms with Crippen molar-refractivity contribution in [2.45, 2.75) is 63.1 Å². The van der Waals surface area contributed by atoms with Gasteiger partial charge in [-0.25, -0.2) is 0 Å². The number of phenolic OH excluding ortho intramolecular Hbond substituents is 1. The number of para-hydroxylation sites is 1. The predicted molar refractivity (Wildman–Crippen MR) is 116 cm³/mol. The Bertz CT molecular complexity index is 974. The van der Waals surface area contributed by atoms with Gasteiger partial charge in [-0.3, -0.25) is 9.69 Å². The van der Waals surface area contributed by atoms with Gasteiger partial charge in [-0.05, 0) is 49.6 Å². The SMILES string of the molecule is COc1cccc2c1Oc1cc(ccc1O)CCC(=O)O[C@H]1C[C@H]3CCCCN3[C@H]2C1. The minimum atomic E-state index is -0.159.